The van der Waals surface area contributed by atoms with Gasteiger partial charge in [0.25, 0.3) is 5.91 Å². The molecule has 0 aliphatic rings. The molecule has 0 aliphatic heterocycles. The number of amides is 1. The van der Waals surface area contributed by atoms with E-state index in [1.54, 1.807) is 44.6 Å². The number of anilines is 1. The zero-order valence-corrected chi connectivity index (χ0v) is 16.7. The van der Waals surface area contributed by atoms with Gasteiger partial charge in [-0.1, -0.05) is 17.7 Å². The Balaban J connectivity index is 1.82. The fourth-order valence-corrected chi connectivity index (χ4v) is 2.64. The average Bonchev–Trinajstić information content (AvgIpc) is 2.70. The maximum atomic E-state index is 12.0. The molecule has 2 aromatic rings. The first kappa shape index (κ1) is 21.4. The summed E-state index contributed by atoms with van der Waals surface area (Å²) < 4.78 is 20.6. The minimum atomic E-state index is -0.486. The van der Waals surface area contributed by atoms with Gasteiger partial charge >= 0.3 is 5.97 Å². The molecule has 0 bridgehead atoms. The van der Waals surface area contributed by atoms with Gasteiger partial charge in [0.05, 0.1) is 27.0 Å². The highest BCUT2D eigenvalue weighted by Gasteiger charge is 2.12. The predicted molar refractivity (Wildman–Crippen MR) is 105 cm³/mol. The first-order chi connectivity index (χ1) is 13.5. The zero-order chi connectivity index (χ0) is 20.5. The van der Waals surface area contributed by atoms with Crippen molar-refractivity contribution in [1.29, 1.82) is 0 Å². The van der Waals surface area contributed by atoms with Crippen molar-refractivity contribution >= 4 is 29.2 Å². The summed E-state index contributed by atoms with van der Waals surface area (Å²) in [5, 5.41) is 3.05. The molecule has 0 unspecified atom stereocenters. The number of carbonyl (C=O) groups is 2. The van der Waals surface area contributed by atoms with Crippen LogP contribution in [0.25, 0.3) is 0 Å². The van der Waals surface area contributed by atoms with Crippen LogP contribution in [0.1, 0.15) is 12.0 Å². The van der Waals surface area contributed by atoms with E-state index in [0.717, 1.165) is 5.56 Å². The van der Waals surface area contributed by atoms with E-state index < -0.39 is 18.5 Å². The standard InChI is InChI=1S/C20H22ClNO6/c1-25-16-8-6-14(21)11-15(16)22-19(23)12-28-20(24)9-5-13-4-7-17(26-2)18(10-13)27-3/h4,6-8,10-11H,5,9,12H2,1-3H3,(H,22,23). The summed E-state index contributed by atoms with van der Waals surface area (Å²) in [6.07, 6.45) is 0.576. The molecule has 2 aromatic carbocycles. The largest absolute Gasteiger partial charge is 0.495 e. The third-order valence-corrected chi connectivity index (χ3v) is 4.10. The Hall–Kier alpha value is -2.93. The predicted octanol–water partition coefficient (Wildman–Crippen LogP) is 3.48. The summed E-state index contributed by atoms with van der Waals surface area (Å²) in [6, 6.07) is 10.2. The molecule has 7 nitrogen and oxygen atoms in total. The molecule has 0 heterocycles. The minimum absolute atomic E-state index is 0.128. The summed E-state index contributed by atoms with van der Waals surface area (Å²) >= 11 is 5.92. The first-order valence-electron chi connectivity index (χ1n) is 8.46. The second-order valence-corrected chi connectivity index (χ2v) is 6.18. The second-order valence-electron chi connectivity index (χ2n) is 5.74. The highest BCUT2D eigenvalue weighted by atomic mass is 35.5. The fraction of sp³-hybridized carbons (Fsp3) is 0.300. The molecule has 28 heavy (non-hydrogen) atoms. The molecule has 0 saturated carbocycles. The van der Waals surface area contributed by atoms with Gasteiger partial charge in [-0.3, -0.25) is 9.59 Å². The van der Waals surface area contributed by atoms with Crippen LogP contribution >= 0.6 is 11.6 Å². The van der Waals surface area contributed by atoms with Crippen LogP contribution in [0.2, 0.25) is 5.02 Å². The Morgan fingerprint density at radius 3 is 2.29 bits per heavy atom. The van der Waals surface area contributed by atoms with Crippen molar-refractivity contribution in [3.05, 3.63) is 47.0 Å². The van der Waals surface area contributed by atoms with Gasteiger partial charge in [-0.05, 0) is 42.3 Å². The van der Waals surface area contributed by atoms with Gasteiger partial charge in [0.15, 0.2) is 18.1 Å². The van der Waals surface area contributed by atoms with Gasteiger partial charge in [-0.25, -0.2) is 0 Å². The molecule has 1 amide bonds. The van der Waals surface area contributed by atoms with E-state index in [-0.39, 0.29) is 6.42 Å². The van der Waals surface area contributed by atoms with Crippen molar-refractivity contribution in [2.75, 3.05) is 33.3 Å². The maximum Gasteiger partial charge on any atom is 0.306 e. The molecule has 2 rings (SSSR count). The molecule has 0 saturated heterocycles. The van der Waals surface area contributed by atoms with Crippen LogP contribution in [-0.2, 0) is 20.7 Å². The van der Waals surface area contributed by atoms with E-state index >= 15 is 0 Å². The van der Waals surface area contributed by atoms with E-state index in [4.69, 9.17) is 30.5 Å². The van der Waals surface area contributed by atoms with Crippen LogP contribution in [0.5, 0.6) is 17.2 Å². The highest BCUT2D eigenvalue weighted by molar-refractivity contribution is 6.31. The number of hydrogen-bond acceptors (Lipinski definition) is 6. The number of rotatable bonds is 9. The lowest BCUT2D eigenvalue weighted by atomic mass is 10.1. The van der Waals surface area contributed by atoms with E-state index in [1.165, 1.54) is 7.11 Å². The van der Waals surface area contributed by atoms with Gasteiger partial charge in [0, 0.05) is 11.4 Å². The Labute approximate surface area is 168 Å². The van der Waals surface area contributed by atoms with Gasteiger partial charge < -0.3 is 24.3 Å². The van der Waals surface area contributed by atoms with E-state index in [2.05, 4.69) is 5.32 Å². The van der Waals surface area contributed by atoms with E-state index in [1.807, 2.05) is 6.07 Å². The minimum Gasteiger partial charge on any atom is -0.495 e. The maximum absolute atomic E-state index is 12.0. The Kier molecular flexibility index (Phi) is 7.95. The number of hydrogen-bond donors (Lipinski definition) is 1. The first-order valence-corrected chi connectivity index (χ1v) is 8.84. The second kappa shape index (κ2) is 10.4. The molecular formula is C20H22ClNO6. The summed E-state index contributed by atoms with van der Waals surface area (Å²) in [5.41, 5.74) is 1.30. The summed E-state index contributed by atoms with van der Waals surface area (Å²) in [7, 11) is 4.58. The van der Waals surface area contributed by atoms with Crippen LogP contribution in [-0.4, -0.2) is 39.8 Å². The fourth-order valence-electron chi connectivity index (χ4n) is 2.46. The van der Waals surface area contributed by atoms with E-state index in [0.29, 0.717) is 34.4 Å². The van der Waals surface area contributed by atoms with Crippen LogP contribution in [0.3, 0.4) is 0 Å². The van der Waals surface area contributed by atoms with Crippen molar-refractivity contribution in [1.82, 2.24) is 0 Å². The molecule has 0 fully saturated rings. The molecule has 1 N–H and O–H groups in total. The van der Waals surface area contributed by atoms with E-state index in [9.17, 15) is 9.59 Å². The number of halogens is 1. The summed E-state index contributed by atoms with van der Waals surface area (Å²) in [4.78, 5) is 23.9. The van der Waals surface area contributed by atoms with Gasteiger partial charge in [-0.15, -0.1) is 0 Å². The molecular weight excluding hydrogens is 386 g/mol. The van der Waals surface area contributed by atoms with Crippen LogP contribution in [0, 0.1) is 0 Å². The van der Waals surface area contributed by atoms with Crippen molar-refractivity contribution in [2.24, 2.45) is 0 Å². The van der Waals surface area contributed by atoms with Crippen molar-refractivity contribution in [3.8, 4) is 17.2 Å². The lowest BCUT2D eigenvalue weighted by Crippen LogP contribution is -2.21. The smallest absolute Gasteiger partial charge is 0.306 e. The molecule has 8 heteroatoms. The average molecular weight is 408 g/mol. The molecule has 150 valence electrons. The number of benzene rings is 2. The number of esters is 1. The Morgan fingerprint density at radius 1 is 0.929 bits per heavy atom. The van der Waals surface area contributed by atoms with Crippen molar-refractivity contribution in [2.45, 2.75) is 12.8 Å². The van der Waals surface area contributed by atoms with Gasteiger partial charge in [0.2, 0.25) is 0 Å². The van der Waals surface area contributed by atoms with Crippen molar-refractivity contribution < 1.29 is 28.5 Å². The molecule has 0 spiro atoms. The molecule has 0 radical (unpaired) electrons. The van der Waals surface area contributed by atoms with Crippen LogP contribution in [0.4, 0.5) is 5.69 Å². The lowest BCUT2D eigenvalue weighted by molar-refractivity contribution is -0.147. The monoisotopic (exact) mass is 407 g/mol. The van der Waals surface area contributed by atoms with Crippen molar-refractivity contribution in [3.63, 3.8) is 0 Å². The third-order valence-electron chi connectivity index (χ3n) is 3.87. The number of carbonyl (C=O) groups excluding carboxylic acids is 2. The Morgan fingerprint density at radius 2 is 1.61 bits per heavy atom. The Bertz CT molecular complexity index is 839. The zero-order valence-electron chi connectivity index (χ0n) is 15.9. The number of ether oxygens (including phenoxy) is 4. The van der Waals surface area contributed by atoms with Crippen LogP contribution < -0.4 is 19.5 Å². The third kappa shape index (κ3) is 6.06. The molecule has 0 aromatic heterocycles. The topological polar surface area (TPSA) is 83.1 Å². The SMILES string of the molecule is COc1ccc(Cl)cc1NC(=O)COC(=O)CCc1ccc(OC)c(OC)c1. The quantitative estimate of drug-likeness (QED) is 0.641. The number of aryl methyl sites for hydroxylation is 1. The lowest BCUT2D eigenvalue weighted by Gasteiger charge is -2.11. The van der Waals surface area contributed by atoms with Gasteiger partial charge in [0.1, 0.15) is 5.75 Å². The molecule has 0 aliphatic carbocycles. The number of nitrogens with one attached hydrogen (secondary N) is 1. The highest BCUT2D eigenvalue weighted by Crippen LogP contribution is 2.28. The number of methoxy groups -OCH3 is 3. The van der Waals surface area contributed by atoms with Crippen LogP contribution in [0.15, 0.2) is 36.4 Å². The molecule has 0 atom stereocenters. The summed E-state index contributed by atoms with van der Waals surface area (Å²) in [5.74, 6) is 0.686. The normalized spacial score (nSPS) is 10.1. The summed E-state index contributed by atoms with van der Waals surface area (Å²) in [6.45, 7) is -0.402. The van der Waals surface area contributed by atoms with Gasteiger partial charge in [-0.2, -0.15) is 0 Å².